The summed E-state index contributed by atoms with van der Waals surface area (Å²) in [5.74, 6) is 1.21. The molecule has 0 amide bonds. The van der Waals surface area contributed by atoms with Crippen molar-refractivity contribution in [3.05, 3.63) is 23.8 Å². The Hall–Kier alpha value is -1.40. The molecule has 0 heterocycles. The number of nitriles is 1. The maximum absolute atomic E-state index is 8.76. The van der Waals surface area contributed by atoms with Crippen LogP contribution in [-0.2, 0) is 0 Å². The topological polar surface area (TPSA) is 42.2 Å². The first-order valence-corrected chi connectivity index (χ1v) is 4.34. The van der Waals surface area contributed by atoms with E-state index in [1.807, 2.05) is 25.1 Å². The zero-order valence-electron chi connectivity index (χ0n) is 8.98. The molecule has 0 aliphatic heterocycles. The maximum Gasteiger partial charge on any atom is 0.161 e. The van der Waals surface area contributed by atoms with Crippen LogP contribution in [0.4, 0.5) is 0 Å². The average molecular weight is 228 g/mol. The molecule has 82 valence electrons. The van der Waals surface area contributed by atoms with Gasteiger partial charge in [-0.15, -0.1) is 12.4 Å². The molecule has 1 aromatic rings. The summed E-state index contributed by atoms with van der Waals surface area (Å²) in [5, 5.41) is 8.76. The van der Waals surface area contributed by atoms with E-state index in [1.54, 1.807) is 14.2 Å². The number of halogens is 1. The molecule has 0 bridgehead atoms. The van der Waals surface area contributed by atoms with Gasteiger partial charge in [0.05, 0.1) is 26.2 Å². The molecule has 3 nitrogen and oxygen atoms in total. The lowest BCUT2D eigenvalue weighted by atomic mass is 10.0. The van der Waals surface area contributed by atoms with E-state index in [0.29, 0.717) is 11.5 Å². The van der Waals surface area contributed by atoms with Gasteiger partial charge in [-0.05, 0) is 24.6 Å². The van der Waals surface area contributed by atoms with Crippen LogP contribution in [0.5, 0.6) is 11.5 Å². The van der Waals surface area contributed by atoms with Gasteiger partial charge < -0.3 is 9.47 Å². The minimum absolute atomic E-state index is 0. The highest BCUT2D eigenvalue weighted by molar-refractivity contribution is 5.85. The third-order valence-corrected chi connectivity index (χ3v) is 2.10. The Labute approximate surface area is 96.0 Å². The Bertz CT molecular complexity index is 360. The molecule has 0 N–H and O–H groups in total. The number of methoxy groups -OCH3 is 2. The van der Waals surface area contributed by atoms with E-state index in [2.05, 4.69) is 6.07 Å². The fraction of sp³-hybridized carbons (Fsp3) is 0.364. The minimum Gasteiger partial charge on any atom is -0.493 e. The van der Waals surface area contributed by atoms with E-state index in [-0.39, 0.29) is 18.3 Å². The summed E-state index contributed by atoms with van der Waals surface area (Å²) >= 11 is 0. The molecule has 1 unspecified atom stereocenters. The highest BCUT2D eigenvalue weighted by Gasteiger charge is 2.08. The Morgan fingerprint density at radius 1 is 1.20 bits per heavy atom. The zero-order chi connectivity index (χ0) is 10.6. The van der Waals surface area contributed by atoms with Crippen LogP contribution in [0.3, 0.4) is 0 Å². The molecule has 4 heteroatoms. The predicted octanol–water partition coefficient (Wildman–Crippen LogP) is 2.75. The molecule has 15 heavy (non-hydrogen) atoms. The number of nitrogens with zero attached hydrogens (tertiary/aromatic N) is 1. The van der Waals surface area contributed by atoms with Gasteiger partial charge >= 0.3 is 0 Å². The smallest absolute Gasteiger partial charge is 0.161 e. The second-order valence-corrected chi connectivity index (χ2v) is 2.97. The molecule has 0 radical (unpaired) electrons. The summed E-state index contributed by atoms with van der Waals surface area (Å²) in [6, 6.07) is 7.68. The molecular formula is C11H14ClNO2. The first-order valence-electron chi connectivity index (χ1n) is 4.34. The lowest BCUT2D eigenvalue weighted by Crippen LogP contribution is -1.94. The number of benzene rings is 1. The fourth-order valence-electron chi connectivity index (χ4n) is 1.20. The van der Waals surface area contributed by atoms with Crippen molar-refractivity contribution in [2.24, 2.45) is 0 Å². The second kappa shape index (κ2) is 6.15. The van der Waals surface area contributed by atoms with E-state index in [0.717, 1.165) is 5.56 Å². The highest BCUT2D eigenvalue weighted by atomic mass is 35.5. The van der Waals surface area contributed by atoms with E-state index in [4.69, 9.17) is 14.7 Å². The summed E-state index contributed by atoms with van der Waals surface area (Å²) in [6.45, 7) is 1.85. The molecule has 0 aliphatic carbocycles. The number of rotatable bonds is 3. The van der Waals surface area contributed by atoms with Crippen LogP contribution >= 0.6 is 12.4 Å². The van der Waals surface area contributed by atoms with Crippen molar-refractivity contribution in [1.82, 2.24) is 0 Å². The molecule has 0 aliphatic rings. The lowest BCUT2D eigenvalue weighted by Gasteiger charge is -2.10. The summed E-state index contributed by atoms with van der Waals surface area (Å²) in [5.41, 5.74) is 0.935. The van der Waals surface area contributed by atoms with Crippen molar-refractivity contribution in [1.29, 1.82) is 5.26 Å². The van der Waals surface area contributed by atoms with Gasteiger partial charge in [0.2, 0.25) is 0 Å². The van der Waals surface area contributed by atoms with Crippen molar-refractivity contribution >= 4 is 12.4 Å². The molecule has 0 fully saturated rings. The van der Waals surface area contributed by atoms with Crippen LogP contribution in [0.2, 0.25) is 0 Å². The van der Waals surface area contributed by atoms with Gasteiger partial charge in [-0.1, -0.05) is 6.07 Å². The highest BCUT2D eigenvalue weighted by Crippen LogP contribution is 2.30. The quantitative estimate of drug-likeness (QED) is 0.798. The van der Waals surface area contributed by atoms with Crippen molar-refractivity contribution < 1.29 is 9.47 Å². The summed E-state index contributed by atoms with van der Waals surface area (Å²) in [6.07, 6.45) is 0. The average Bonchev–Trinajstić information content (AvgIpc) is 2.26. The Balaban J connectivity index is 0.00000196. The minimum atomic E-state index is -0.130. The van der Waals surface area contributed by atoms with Gasteiger partial charge in [0.25, 0.3) is 0 Å². The van der Waals surface area contributed by atoms with Gasteiger partial charge in [0.1, 0.15) is 0 Å². The number of hydrogen-bond acceptors (Lipinski definition) is 3. The Morgan fingerprint density at radius 2 is 1.80 bits per heavy atom. The normalized spacial score (nSPS) is 10.8. The van der Waals surface area contributed by atoms with Crippen LogP contribution in [0.25, 0.3) is 0 Å². The van der Waals surface area contributed by atoms with Crippen LogP contribution in [0.1, 0.15) is 18.4 Å². The molecule has 0 saturated heterocycles. The fourth-order valence-corrected chi connectivity index (χ4v) is 1.20. The predicted molar refractivity (Wildman–Crippen MR) is 60.8 cm³/mol. The zero-order valence-corrected chi connectivity index (χ0v) is 9.80. The molecule has 1 atom stereocenters. The van der Waals surface area contributed by atoms with Gasteiger partial charge in [-0.2, -0.15) is 5.26 Å². The molecule has 0 spiro atoms. The molecule has 1 rings (SSSR count). The summed E-state index contributed by atoms with van der Waals surface area (Å²) in [7, 11) is 3.17. The second-order valence-electron chi connectivity index (χ2n) is 2.97. The van der Waals surface area contributed by atoms with Crippen LogP contribution in [-0.4, -0.2) is 14.2 Å². The monoisotopic (exact) mass is 227 g/mol. The summed E-state index contributed by atoms with van der Waals surface area (Å²) < 4.78 is 10.2. The SMILES string of the molecule is COc1ccc(C(C)C#N)cc1OC.Cl. The molecule has 1 aromatic carbocycles. The van der Waals surface area contributed by atoms with Gasteiger partial charge in [-0.25, -0.2) is 0 Å². The van der Waals surface area contributed by atoms with E-state index < -0.39 is 0 Å². The maximum atomic E-state index is 8.76. The summed E-state index contributed by atoms with van der Waals surface area (Å²) in [4.78, 5) is 0. The van der Waals surface area contributed by atoms with Gasteiger partial charge in [-0.3, -0.25) is 0 Å². The van der Waals surface area contributed by atoms with E-state index in [9.17, 15) is 0 Å². The molecular weight excluding hydrogens is 214 g/mol. The number of hydrogen-bond donors (Lipinski definition) is 0. The van der Waals surface area contributed by atoms with Crippen molar-refractivity contribution in [3.63, 3.8) is 0 Å². The Kier molecular flexibility index (Phi) is 5.58. The van der Waals surface area contributed by atoms with Crippen LogP contribution in [0.15, 0.2) is 18.2 Å². The standard InChI is InChI=1S/C11H13NO2.ClH/c1-8(7-12)9-4-5-10(13-2)11(6-9)14-3;/h4-6,8H,1-3H3;1H. The van der Waals surface area contributed by atoms with E-state index >= 15 is 0 Å². The van der Waals surface area contributed by atoms with Crippen LogP contribution < -0.4 is 9.47 Å². The van der Waals surface area contributed by atoms with Gasteiger partial charge in [0, 0.05) is 0 Å². The van der Waals surface area contributed by atoms with Gasteiger partial charge in [0.15, 0.2) is 11.5 Å². The first kappa shape index (κ1) is 13.6. The third kappa shape index (κ3) is 3.03. The van der Waals surface area contributed by atoms with Crippen molar-refractivity contribution in [2.75, 3.05) is 14.2 Å². The third-order valence-electron chi connectivity index (χ3n) is 2.10. The van der Waals surface area contributed by atoms with Crippen molar-refractivity contribution in [2.45, 2.75) is 12.8 Å². The molecule has 0 aromatic heterocycles. The van der Waals surface area contributed by atoms with Crippen LogP contribution in [0, 0.1) is 11.3 Å². The number of ether oxygens (including phenoxy) is 2. The lowest BCUT2D eigenvalue weighted by molar-refractivity contribution is 0.354. The molecule has 0 saturated carbocycles. The first-order chi connectivity index (χ1) is 6.72. The largest absolute Gasteiger partial charge is 0.493 e. The van der Waals surface area contributed by atoms with E-state index in [1.165, 1.54) is 0 Å². The Morgan fingerprint density at radius 3 is 2.27 bits per heavy atom. The van der Waals surface area contributed by atoms with Crippen molar-refractivity contribution in [3.8, 4) is 17.6 Å².